The van der Waals surface area contributed by atoms with Crippen LogP contribution < -0.4 is 11.1 Å². The summed E-state index contributed by atoms with van der Waals surface area (Å²) in [6.45, 7) is 6.43. The molecule has 1 saturated carbocycles. The first-order valence-corrected chi connectivity index (χ1v) is 5.17. The second kappa shape index (κ2) is 4.83. The van der Waals surface area contributed by atoms with Gasteiger partial charge in [0.05, 0.1) is 0 Å². The van der Waals surface area contributed by atoms with Crippen molar-refractivity contribution in [3.63, 3.8) is 0 Å². The van der Waals surface area contributed by atoms with Gasteiger partial charge in [-0.3, -0.25) is 0 Å². The summed E-state index contributed by atoms with van der Waals surface area (Å²) in [6.07, 6.45) is 4.12. The van der Waals surface area contributed by atoms with Crippen LogP contribution in [0.5, 0.6) is 0 Å². The van der Waals surface area contributed by atoms with Crippen LogP contribution in [-0.4, -0.2) is 19.1 Å². The molecule has 0 aromatic rings. The third-order valence-electron chi connectivity index (χ3n) is 3.01. The second-order valence-corrected chi connectivity index (χ2v) is 4.24. The normalized spacial score (nSPS) is 36.8. The topological polar surface area (TPSA) is 38.0 Å². The number of hydrogen-bond donors (Lipinski definition) is 2. The average molecular weight is 170 g/mol. The lowest BCUT2D eigenvalue weighted by atomic mass is 9.80. The van der Waals surface area contributed by atoms with Gasteiger partial charge in [0.15, 0.2) is 0 Å². The van der Waals surface area contributed by atoms with E-state index >= 15 is 0 Å². The zero-order chi connectivity index (χ0) is 8.97. The van der Waals surface area contributed by atoms with Crippen molar-refractivity contribution in [2.24, 2.45) is 17.6 Å². The Balaban J connectivity index is 2.28. The maximum Gasteiger partial charge on any atom is 0.00957 e. The Hall–Kier alpha value is -0.0800. The summed E-state index contributed by atoms with van der Waals surface area (Å²) in [7, 11) is 0. The monoisotopic (exact) mass is 170 g/mol. The van der Waals surface area contributed by atoms with E-state index in [1.807, 2.05) is 0 Å². The van der Waals surface area contributed by atoms with Gasteiger partial charge < -0.3 is 11.1 Å². The first-order valence-electron chi connectivity index (χ1n) is 5.17. The Morgan fingerprint density at radius 3 is 2.75 bits per heavy atom. The fraction of sp³-hybridized carbons (Fsp3) is 1.00. The maximum absolute atomic E-state index is 5.46. The Morgan fingerprint density at radius 1 is 1.33 bits per heavy atom. The molecule has 1 aliphatic rings. The van der Waals surface area contributed by atoms with E-state index in [-0.39, 0.29) is 0 Å². The van der Waals surface area contributed by atoms with E-state index in [2.05, 4.69) is 19.2 Å². The lowest BCUT2D eigenvalue weighted by Gasteiger charge is -2.33. The van der Waals surface area contributed by atoms with Crippen LogP contribution in [0.4, 0.5) is 0 Å². The summed E-state index contributed by atoms with van der Waals surface area (Å²) in [6, 6.07) is 0.720. The molecule has 0 aromatic carbocycles. The van der Waals surface area contributed by atoms with Gasteiger partial charge in [0.2, 0.25) is 0 Å². The fourth-order valence-corrected chi connectivity index (χ4v) is 2.09. The highest BCUT2D eigenvalue weighted by atomic mass is 14.9. The molecule has 3 atom stereocenters. The van der Waals surface area contributed by atoms with Crippen molar-refractivity contribution < 1.29 is 0 Å². The SMILES string of the molecule is CC1CCC(C)C(NCCN)C1. The summed E-state index contributed by atoms with van der Waals surface area (Å²) in [5.74, 6) is 1.74. The highest BCUT2D eigenvalue weighted by Crippen LogP contribution is 2.28. The van der Waals surface area contributed by atoms with Crippen LogP contribution >= 0.6 is 0 Å². The molecule has 0 aromatic heterocycles. The number of rotatable bonds is 3. The molecular formula is C10H22N2. The summed E-state index contributed by atoms with van der Waals surface area (Å²) >= 11 is 0. The molecule has 0 saturated heterocycles. The largest absolute Gasteiger partial charge is 0.329 e. The highest BCUT2D eigenvalue weighted by Gasteiger charge is 2.24. The van der Waals surface area contributed by atoms with Crippen LogP contribution in [-0.2, 0) is 0 Å². The van der Waals surface area contributed by atoms with Crippen molar-refractivity contribution in [2.45, 2.75) is 39.2 Å². The summed E-state index contributed by atoms with van der Waals surface area (Å²) in [5.41, 5.74) is 5.46. The number of nitrogens with one attached hydrogen (secondary N) is 1. The lowest BCUT2D eigenvalue weighted by Crippen LogP contribution is -2.41. The van der Waals surface area contributed by atoms with Gasteiger partial charge in [0.1, 0.15) is 0 Å². The molecule has 12 heavy (non-hydrogen) atoms. The molecular weight excluding hydrogens is 148 g/mol. The zero-order valence-corrected chi connectivity index (χ0v) is 8.34. The van der Waals surface area contributed by atoms with Gasteiger partial charge in [0, 0.05) is 19.1 Å². The van der Waals surface area contributed by atoms with E-state index in [1.165, 1.54) is 19.3 Å². The fourth-order valence-electron chi connectivity index (χ4n) is 2.09. The summed E-state index contributed by atoms with van der Waals surface area (Å²) < 4.78 is 0. The van der Waals surface area contributed by atoms with Gasteiger partial charge in [-0.05, 0) is 24.7 Å². The highest BCUT2D eigenvalue weighted by molar-refractivity contribution is 4.81. The molecule has 0 bridgehead atoms. The molecule has 0 aliphatic heterocycles. The van der Waals surface area contributed by atoms with E-state index in [4.69, 9.17) is 5.73 Å². The quantitative estimate of drug-likeness (QED) is 0.671. The van der Waals surface area contributed by atoms with E-state index in [9.17, 15) is 0 Å². The molecule has 2 heteroatoms. The van der Waals surface area contributed by atoms with Crippen LogP contribution in [0.1, 0.15) is 33.1 Å². The molecule has 0 spiro atoms. The maximum atomic E-state index is 5.46. The minimum atomic E-state index is 0.720. The van der Waals surface area contributed by atoms with Gasteiger partial charge in [-0.1, -0.05) is 20.3 Å². The van der Waals surface area contributed by atoms with Crippen molar-refractivity contribution in [3.8, 4) is 0 Å². The smallest absolute Gasteiger partial charge is 0.00957 e. The predicted molar refractivity (Wildman–Crippen MR) is 53.0 cm³/mol. The van der Waals surface area contributed by atoms with Gasteiger partial charge in [-0.15, -0.1) is 0 Å². The predicted octanol–water partition coefficient (Wildman–Crippen LogP) is 1.36. The molecule has 72 valence electrons. The van der Waals surface area contributed by atoms with Crippen molar-refractivity contribution in [3.05, 3.63) is 0 Å². The van der Waals surface area contributed by atoms with E-state index in [0.717, 1.165) is 31.0 Å². The van der Waals surface area contributed by atoms with E-state index in [0.29, 0.717) is 0 Å². The first kappa shape index (κ1) is 10.0. The summed E-state index contributed by atoms with van der Waals surface area (Å²) in [5, 5.41) is 3.53. The summed E-state index contributed by atoms with van der Waals surface area (Å²) in [4.78, 5) is 0. The molecule has 0 heterocycles. The zero-order valence-electron chi connectivity index (χ0n) is 8.34. The van der Waals surface area contributed by atoms with Gasteiger partial charge >= 0.3 is 0 Å². The van der Waals surface area contributed by atoms with Crippen LogP contribution in [0.3, 0.4) is 0 Å². The van der Waals surface area contributed by atoms with Gasteiger partial charge in [0.25, 0.3) is 0 Å². The van der Waals surface area contributed by atoms with Crippen molar-refractivity contribution in [1.29, 1.82) is 0 Å². The minimum Gasteiger partial charge on any atom is -0.329 e. The van der Waals surface area contributed by atoms with Crippen molar-refractivity contribution in [1.82, 2.24) is 5.32 Å². The Bertz CT molecular complexity index is 125. The standard InChI is InChI=1S/C10H22N2/c1-8-3-4-9(2)10(7-8)12-6-5-11/h8-10,12H,3-7,11H2,1-2H3. The molecule has 3 N–H and O–H groups in total. The second-order valence-electron chi connectivity index (χ2n) is 4.24. The Labute approximate surface area is 75.9 Å². The molecule has 1 fully saturated rings. The molecule has 1 rings (SSSR count). The molecule has 0 radical (unpaired) electrons. The minimum absolute atomic E-state index is 0.720. The third kappa shape index (κ3) is 2.76. The van der Waals surface area contributed by atoms with Crippen molar-refractivity contribution in [2.75, 3.05) is 13.1 Å². The molecule has 0 amide bonds. The Morgan fingerprint density at radius 2 is 2.08 bits per heavy atom. The third-order valence-corrected chi connectivity index (χ3v) is 3.01. The van der Waals surface area contributed by atoms with Crippen LogP contribution in [0, 0.1) is 11.8 Å². The first-order chi connectivity index (χ1) is 5.74. The average Bonchev–Trinajstić information content (AvgIpc) is 2.07. The molecule has 1 aliphatic carbocycles. The van der Waals surface area contributed by atoms with Crippen LogP contribution in [0.15, 0.2) is 0 Å². The van der Waals surface area contributed by atoms with Gasteiger partial charge in [-0.2, -0.15) is 0 Å². The van der Waals surface area contributed by atoms with Crippen LogP contribution in [0.25, 0.3) is 0 Å². The van der Waals surface area contributed by atoms with E-state index in [1.54, 1.807) is 0 Å². The van der Waals surface area contributed by atoms with Gasteiger partial charge in [-0.25, -0.2) is 0 Å². The van der Waals surface area contributed by atoms with Crippen LogP contribution in [0.2, 0.25) is 0 Å². The molecule has 2 nitrogen and oxygen atoms in total. The number of nitrogens with two attached hydrogens (primary N) is 1. The molecule has 3 unspecified atom stereocenters. The Kier molecular flexibility index (Phi) is 4.02. The van der Waals surface area contributed by atoms with Crippen molar-refractivity contribution >= 4 is 0 Å². The van der Waals surface area contributed by atoms with E-state index < -0.39 is 0 Å². The lowest BCUT2D eigenvalue weighted by molar-refractivity contribution is 0.230. The number of hydrogen-bond acceptors (Lipinski definition) is 2.